The van der Waals surface area contributed by atoms with Crippen LogP contribution in [0.3, 0.4) is 0 Å². The van der Waals surface area contributed by atoms with Crippen molar-refractivity contribution in [2.45, 2.75) is 16.6 Å². The molecule has 0 aliphatic carbocycles. The summed E-state index contributed by atoms with van der Waals surface area (Å²) in [5.41, 5.74) is 1.09. The molecule has 0 atom stereocenters. The number of benzene rings is 1. The average Bonchev–Trinajstić information content (AvgIpc) is 3.01. The van der Waals surface area contributed by atoms with Crippen molar-refractivity contribution >= 4 is 33.8 Å². The molecule has 2 heterocycles. The SMILES string of the molecule is CNCc1cc(S(=O)(=O)c2ccccn2)n(-c2ccccc2Cl)n1.Cl. The average molecular weight is 399 g/mol. The molecule has 9 heteroatoms. The Balaban J connectivity index is 0.00000225. The number of nitrogens with zero attached hydrogens (tertiary/aromatic N) is 3. The molecular formula is C16H16Cl2N4O2S. The monoisotopic (exact) mass is 398 g/mol. The zero-order valence-electron chi connectivity index (χ0n) is 13.3. The largest absolute Gasteiger partial charge is 0.314 e. The summed E-state index contributed by atoms with van der Waals surface area (Å²) >= 11 is 6.23. The Morgan fingerprint density at radius 2 is 1.88 bits per heavy atom. The van der Waals surface area contributed by atoms with E-state index >= 15 is 0 Å². The molecule has 0 amide bonds. The highest BCUT2D eigenvalue weighted by molar-refractivity contribution is 7.91. The van der Waals surface area contributed by atoms with E-state index in [0.29, 0.717) is 22.9 Å². The number of sulfone groups is 1. The number of halogens is 2. The van der Waals surface area contributed by atoms with Gasteiger partial charge in [-0.2, -0.15) is 5.10 Å². The maximum Gasteiger partial charge on any atom is 0.241 e. The van der Waals surface area contributed by atoms with Gasteiger partial charge in [0.15, 0.2) is 10.1 Å². The van der Waals surface area contributed by atoms with Gasteiger partial charge in [-0.3, -0.25) is 0 Å². The molecular weight excluding hydrogens is 383 g/mol. The quantitative estimate of drug-likeness (QED) is 0.714. The van der Waals surface area contributed by atoms with Crippen LogP contribution < -0.4 is 5.32 Å². The highest BCUT2D eigenvalue weighted by Gasteiger charge is 2.26. The number of aromatic nitrogens is 3. The van der Waals surface area contributed by atoms with Crippen LogP contribution in [0.4, 0.5) is 0 Å². The highest BCUT2D eigenvalue weighted by atomic mass is 35.5. The lowest BCUT2D eigenvalue weighted by Gasteiger charge is -2.09. The normalized spacial score (nSPS) is 11.1. The van der Waals surface area contributed by atoms with Gasteiger partial charge in [0, 0.05) is 18.8 Å². The number of hydrogen-bond donors (Lipinski definition) is 1. The summed E-state index contributed by atoms with van der Waals surface area (Å²) < 4.78 is 27.3. The maximum absolute atomic E-state index is 13.0. The molecule has 3 rings (SSSR count). The summed E-state index contributed by atoms with van der Waals surface area (Å²) in [6.45, 7) is 0.433. The van der Waals surface area contributed by atoms with Crippen LogP contribution in [-0.4, -0.2) is 30.2 Å². The second-order valence-electron chi connectivity index (χ2n) is 5.04. The molecule has 0 unspecified atom stereocenters. The van der Waals surface area contributed by atoms with Gasteiger partial charge in [0.05, 0.1) is 16.4 Å². The molecule has 0 aliphatic rings. The molecule has 1 N–H and O–H groups in total. The fourth-order valence-corrected chi connectivity index (χ4v) is 3.82. The molecule has 0 bridgehead atoms. The van der Waals surface area contributed by atoms with Crippen LogP contribution in [0.2, 0.25) is 5.02 Å². The Morgan fingerprint density at radius 1 is 1.16 bits per heavy atom. The van der Waals surface area contributed by atoms with Crippen LogP contribution in [0.15, 0.2) is 64.8 Å². The van der Waals surface area contributed by atoms with Crippen molar-refractivity contribution in [1.82, 2.24) is 20.1 Å². The van der Waals surface area contributed by atoms with E-state index in [0.717, 1.165) is 0 Å². The van der Waals surface area contributed by atoms with E-state index in [-0.39, 0.29) is 22.5 Å². The van der Waals surface area contributed by atoms with Crippen molar-refractivity contribution in [2.75, 3.05) is 7.05 Å². The van der Waals surface area contributed by atoms with Gasteiger partial charge in [-0.15, -0.1) is 12.4 Å². The summed E-state index contributed by atoms with van der Waals surface area (Å²) in [6.07, 6.45) is 1.44. The number of pyridine rings is 1. The van der Waals surface area contributed by atoms with Crippen molar-refractivity contribution in [3.8, 4) is 5.69 Å². The van der Waals surface area contributed by atoms with Gasteiger partial charge < -0.3 is 5.32 Å². The van der Waals surface area contributed by atoms with E-state index in [4.69, 9.17) is 11.6 Å². The molecule has 0 aliphatic heterocycles. The molecule has 0 saturated heterocycles. The van der Waals surface area contributed by atoms with Gasteiger partial charge in [0.25, 0.3) is 0 Å². The molecule has 0 radical (unpaired) electrons. The predicted molar refractivity (Wildman–Crippen MR) is 98.3 cm³/mol. The van der Waals surface area contributed by atoms with E-state index in [1.165, 1.54) is 23.0 Å². The zero-order valence-corrected chi connectivity index (χ0v) is 15.6. The van der Waals surface area contributed by atoms with E-state index in [1.54, 1.807) is 43.4 Å². The number of para-hydroxylation sites is 1. The van der Waals surface area contributed by atoms with Crippen LogP contribution in [0.5, 0.6) is 0 Å². The van der Waals surface area contributed by atoms with Crippen molar-refractivity contribution in [1.29, 1.82) is 0 Å². The molecule has 0 spiro atoms. The molecule has 0 saturated carbocycles. The van der Waals surface area contributed by atoms with E-state index in [2.05, 4.69) is 15.4 Å². The van der Waals surface area contributed by atoms with Crippen molar-refractivity contribution in [3.05, 3.63) is 65.4 Å². The molecule has 3 aromatic rings. The Labute approximate surface area is 157 Å². The lowest BCUT2D eigenvalue weighted by atomic mass is 10.3. The lowest BCUT2D eigenvalue weighted by molar-refractivity contribution is 0.582. The smallest absolute Gasteiger partial charge is 0.241 e. The zero-order chi connectivity index (χ0) is 17.2. The molecule has 2 aromatic heterocycles. The second-order valence-corrected chi connectivity index (χ2v) is 7.29. The molecule has 6 nitrogen and oxygen atoms in total. The van der Waals surface area contributed by atoms with Crippen LogP contribution in [0, 0.1) is 0 Å². The first-order valence-corrected chi connectivity index (χ1v) is 9.04. The fraction of sp³-hybridized carbons (Fsp3) is 0.125. The van der Waals surface area contributed by atoms with E-state index in [9.17, 15) is 8.42 Å². The first-order valence-electron chi connectivity index (χ1n) is 7.18. The van der Waals surface area contributed by atoms with Gasteiger partial charge in [-0.25, -0.2) is 18.1 Å². The minimum absolute atomic E-state index is 0. The highest BCUT2D eigenvalue weighted by Crippen LogP contribution is 2.27. The fourth-order valence-electron chi connectivity index (χ4n) is 2.28. The Hall–Kier alpha value is -1.93. The Morgan fingerprint density at radius 3 is 2.52 bits per heavy atom. The predicted octanol–water partition coefficient (Wildman–Crippen LogP) is 2.89. The summed E-state index contributed by atoms with van der Waals surface area (Å²) in [4.78, 5) is 3.96. The van der Waals surface area contributed by atoms with Crippen LogP contribution in [0.25, 0.3) is 5.69 Å². The number of rotatable bonds is 5. The van der Waals surface area contributed by atoms with Gasteiger partial charge in [0.1, 0.15) is 0 Å². The lowest BCUT2D eigenvalue weighted by Crippen LogP contribution is -2.11. The summed E-state index contributed by atoms with van der Waals surface area (Å²) in [5.74, 6) is 0. The van der Waals surface area contributed by atoms with Gasteiger partial charge in [0.2, 0.25) is 9.84 Å². The summed E-state index contributed by atoms with van der Waals surface area (Å²) in [5, 5.41) is 7.75. The van der Waals surface area contributed by atoms with E-state index < -0.39 is 9.84 Å². The van der Waals surface area contributed by atoms with Crippen molar-refractivity contribution in [3.63, 3.8) is 0 Å². The van der Waals surface area contributed by atoms with Gasteiger partial charge in [-0.05, 0) is 31.3 Å². The summed E-state index contributed by atoms with van der Waals surface area (Å²) in [7, 11) is -2.06. The Bertz CT molecular complexity index is 959. The minimum Gasteiger partial charge on any atom is -0.314 e. The minimum atomic E-state index is -3.83. The topological polar surface area (TPSA) is 76.9 Å². The third kappa shape index (κ3) is 3.85. The van der Waals surface area contributed by atoms with Crippen LogP contribution >= 0.6 is 24.0 Å². The standard InChI is InChI=1S/C16H15ClN4O2S.ClH/c1-18-11-12-10-16(24(22,23)15-8-4-5-9-19-15)21(20-12)14-7-3-2-6-13(14)17;/h2-10,18H,11H2,1H3;1H. The second kappa shape index (κ2) is 7.97. The molecule has 132 valence electrons. The molecule has 1 aromatic carbocycles. The van der Waals surface area contributed by atoms with E-state index in [1.807, 2.05) is 0 Å². The molecule has 25 heavy (non-hydrogen) atoms. The van der Waals surface area contributed by atoms with Crippen LogP contribution in [0.1, 0.15) is 5.69 Å². The van der Waals surface area contributed by atoms with Crippen molar-refractivity contribution in [2.24, 2.45) is 0 Å². The number of nitrogens with one attached hydrogen (secondary N) is 1. The first-order chi connectivity index (χ1) is 11.5. The van der Waals surface area contributed by atoms with Crippen molar-refractivity contribution < 1.29 is 8.42 Å². The van der Waals surface area contributed by atoms with Gasteiger partial charge in [-0.1, -0.05) is 29.8 Å². The third-order valence-electron chi connectivity index (χ3n) is 3.35. The molecule has 0 fully saturated rings. The summed E-state index contributed by atoms with van der Waals surface area (Å²) in [6, 6.07) is 13.2. The van der Waals surface area contributed by atoms with Crippen LogP contribution in [-0.2, 0) is 16.4 Å². The maximum atomic E-state index is 13.0. The third-order valence-corrected chi connectivity index (χ3v) is 5.31. The first kappa shape index (κ1) is 19.4. The van der Waals surface area contributed by atoms with Gasteiger partial charge >= 0.3 is 0 Å². The Kier molecular flexibility index (Phi) is 6.18. The number of hydrogen-bond acceptors (Lipinski definition) is 5.